The molecule has 1 aromatic heterocycles. The molecule has 2 atom stereocenters. The van der Waals surface area contributed by atoms with E-state index in [1.807, 2.05) is 6.92 Å². The molecule has 0 aliphatic carbocycles. The Hall–Kier alpha value is -0.360. The zero-order valence-electron chi connectivity index (χ0n) is 11.1. The van der Waals surface area contributed by atoms with Crippen LogP contribution in [0.5, 0.6) is 0 Å². The molecule has 2 unspecified atom stereocenters. The molecule has 7 heteroatoms. The summed E-state index contributed by atoms with van der Waals surface area (Å²) in [7, 11) is 0. The van der Waals surface area contributed by atoms with E-state index >= 15 is 0 Å². The van der Waals surface area contributed by atoms with Crippen LogP contribution in [0.4, 0.5) is 0 Å². The van der Waals surface area contributed by atoms with Crippen molar-refractivity contribution in [2.75, 3.05) is 13.1 Å². The Balaban J connectivity index is 0.00000162. The lowest BCUT2D eigenvalue weighted by Crippen LogP contribution is -2.44. The summed E-state index contributed by atoms with van der Waals surface area (Å²) in [5.41, 5.74) is 2.54. The van der Waals surface area contributed by atoms with Gasteiger partial charge in [0.05, 0.1) is 11.2 Å². The van der Waals surface area contributed by atoms with Crippen LogP contribution >= 0.6 is 36.2 Å². The van der Waals surface area contributed by atoms with Gasteiger partial charge in [-0.25, -0.2) is 4.98 Å². The second-order valence-corrected chi connectivity index (χ2v) is 5.49. The molecule has 1 aliphatic rings. The maximum absolute atomic E-state index is 12.0. The van der Waals surface area contributed by atoms with E-state index in [1.54, 1.807) is 5.51 Å². The molecule has 2 heterocycles. The topological polar surface area (TPSA) is 54.0 Å². The first-order chi connectivity index (χ1) is 8.18. The van der Waals surface area contributed by atoms with Crippen molar-refractivity contribution in [2.24, 2.45) is 5.92 Å². The molecule has 0 bridgehead atoms. The second kappa shape index (κ2) is 8.74. The summed E-state index contributed by atoms with van der Waals surface area (Å²) in [5.74, 6) is 0.559. The van der Waals surface area contributed by atoms with Crippen LogP contribution < -0.4 is 10.6 Å². The minimum absolute atomic E-state index is 0. The van der Waals surface area contributed by atoms with Crippen molar-refractivity contribution >= 4 is 42.1 Å². The molecule has 0 saturated carbocycles. The normalized spacial score (nSPS) is 19.8. The molecule has 2 rings (SSSR count). The molecule has 1 fully saturated rings. The fraction of sp³-hybridized carbons (Fsp3) is 0.667. The average Bonchev–Trinajstić information content (AvgIpc) is 2.76. The number of carbonyl (C=O) groups excluding carboxylic acids is 1. The van der Waals surface area contributed by atoms with E-state index in [0.29, 0.717) is 5.92 Å². The van der Waals surface area contributed by atoms with Crippen LogP contribution in [0.3, 0.4) is 0 Å². The van der Waals surface area contributed by atoms with Crippen LogP contribution in [-0.4, -0.2) is 30.0 Å². The molecule has 1 aromatic rings. The quantitative estimate of drug-likeness (QED) is 0.897. The molecule has 1 amide bonds. The van der Waals surface area contributed by atoms with Gasteiger partial charge in [0.25, 0.3) is 5.91 Å². The molecule has 2 N–H and O–H groups in total. The number of aryl methyl sites for hydroxylation is 1. The monoisotopic (exact) mass is 325 g/mol. The first-order valence-electron chi connectivity index (χ1n) is 6.10. The number of rotatable bonds is 3. The Labute approximate surface area is 130 Å². The summed E-state index contributed by atoms with van der Waals surface area (Å²) in [6.07, 6.45) is 2.39. The third-order valence-corrected chi connectivity index (χ3v) is 4.28. The molecule has 0 spiro atoms. The summed E-state index contributed by atoms with van der Waals surface area (Å²) < 4.78 is 0. The van der Waals surface area contributed by atoms with Gasteiger partial charge in [0.1, 0.15) is 4.88 Å². The van der Waals surface area contributed by atoms with Crippen molar-refractivity contribution < 1.29 is 4.79 Å². The summed E-state index contributed by atoms with van der Waals surface area (Å²) in [5, 5.41) is 6.46. The van der Waals surface area contributed by atoms with E-state index in [2.05, 4.69) is 22.5 Å². The van der Waals surface area contributed by atoms with E-state index in [-0.39, 0.29) is 36.8 Å². The van der Waals surface area contributed by atoms with Gasteiger partial charge in [-0.05, 0) is 45.7 Å². The number of piperidine rings is 1. The van der Waals surface area contributed by atoms with Gasteiger partial charge in [-0.1, -0.05) is 0 Å². The fourth-order valence-corrected chi connectivity index (χ4v) is 2.92. The number of thiazole rings is 1. The van der Waals surface area contributed by atoms with Gasteiger partial charge in [-0.15, -0.1) is 36.2 Å². The summed E-state index contributed by atoms with van der Waals surface area (Å²) in [4.78, 5) is 16.9. The first-order valence-corrected chi connectivity index (χ1v) is 6.98. The molecule has 4 nitrogen and oxygen atoms in total. The van der Waals surface area contributed by atoms with Crippen molar-refractivity contribution in [1.29, 1.82) is 0 Å². The number of amides is 1. The molecule has 19 heavy (non-hydrogen) atoms. The van der Waals surface area contributed by atoms with Gasteiger partial charge in [-0.2, -0.15) is 0 Å². The number of nitrogens with zero attached hydrogens (tertiary/aromatic N) is 1. The lowest BCUT2D eigenvalue weighted by atomic mass is 9.93. The maximum Gasteiger partial charge on any atom is 0.263 e. The molecule has 1 aliphatic heterocycles. The van der Waals surface area contributed by atoms with Crippen LogP contribution in [0.25, 0.3) is 0 Å². The number of aromatic nitrogens is 1. The van der Waals surface area contributed by atoms with Gasteiger partial charge >= 0.3 is 0 Å². The number of carbonyl (C=O) groups is 1. The van der Waals surface area contributed by atoms with Gasteiger partial charge < -0.3 is 10.6 Å². The van der Waals surface area contributed by atoms with Crippen molar-refractivity contribution in [3.05, 3.63) is 16.1 Å². The lowest BCUT2D eigenvalue weighted by molar-refractivity contribution is 0.0925. The molecule has 0 radical (unpaired) electrons. The molecule has 110 valence electrons. The van der Waals surface area contributed by atoms with Gasteiger partial charge in [0.2, 0.25) is 0 Å². The highest BCUT2D eigenvalue weighted by Gasteiger charge is 2.22. The molecular formula is C12H21Cl2N3OS. The summed E-state index contributed by atoms with van der Waals surface area (Å²) in [6, 6.07) is 0.219. The highest BCUT2D eigenvalue weighted by atomic mass is 35.5. The van der Waals surface area contributed by atoms with E-state index in [4.69, 9.17) is 0 Å². The van der Waals surface area contributed by atoms with Crippen LogP contribution in [-0.2, 0) is 0 Å². The fourth-order valence-electron chi connectivity index (χ4n) is 2.22. The standard InChI is InChI=1S/C12H19N3OS.2ClH/c1-8(10-4-3-5-13-6-10)15-12(16)11-9(2)14-7-17-11;;/h7-8,10,13H,3-6H2,1-2H3,(H,15,16);2*1H. The molecular weight excluding hydrogens is 305 g/mol. The van der Waals surface area contributed by atoms with Gasteiger partial charge in [-0.3, -0.25) is 4.79 Å². The van der Waals surface area contributed by atoms with E-state index in [1.165, 1.54) is 24.2 Å². The smallest absolute Gasteiger partial charge is 0.263 e. The summed E-state index contributed by atoms with van der Waals surface area (Å²) >= 11 is 1.41. The Morgan fingerprint density at radius 1 is 1.58 bits per heavy atom. The van der Waals surface area contributed by atoms with Crippen molar-refractivity contribution in [3.63, 3.8) is 0 Å². The van der Waals surface area contributed by atoms with Crippen molar-refractivity contribution in [1.82, 2.24) is 15.6 Å². The van der Waals surface area contributed by atoms with Crippen LogP contribution in [0, 0.1) is 12.8 Å². The lowest BCUT2D eigenvalue weighted by Gasteiger charge is -2.28. The third-order valence-electron chi connectivity index (χ3n) is 3.35. The van der Waals surface area contributed by atoms with E-state index < -0.39 is 0 Å². The van der Waals surface area contributed by atoms with E-state index in [0.717, 1.165) is 23.7 Å². The minimum atomic E-state index is 0. The Morgan fingerprint density at radius 3 is 2.84 bits per heavy atom. The van der Waals surface area contributed by atoms with Crippen LogP contribution in [0.1, 0.15) is 35.1 Å². The largest absolute Gasteiger partial charge is 0.349 e. The Morgan fingerprint density at radius 2 is 2.32 bits per heavy atom. The minimum Gasteiger partial charge on any atom is -0.349 e. The van der Waals surface area contributed by atoms with Gasteiger partial charge in [0, 0.05) is 6.04 Å². The highest BCUT2D eigenvalue weighted by Crippen LogP contribution is 2.16. The summed E-state index contributed by atoms with van der Waals surface area (Å²) in [6.45, 7) is 6.07. The van der Waals surface area contributed by atoms with Gasteiger partial charge in [0.15, 0.2) is 0 Å². The van der Waals surface area contributed by atoms with Crippen molar-refractivity contribution in [3.8, 4) is 0 Å². The second-order valence-electron chi connectivity index (χ2n) is 4.64. The Kier molecular flexibility index (Phi) is 8.57. The zero-order chi connectivity index (χ0) is 12.3. The number of hydrogen-bond acceptors (Lipinski definition) is 4. The number of nitrogens with one attached hydrogen (secondary N) is 2. The first kappa shape index (κ1) is 18.6. The zero-order valence-corrected chi connectivity index (χ0v) is 13.6. The highest BCUT2D eigenvalue weighted by molar-refractivity contribution is 7.11. The molecule has 1 saturated heterocycles. The number of halogens is 2. The Bertz CT molecular complexity index is 394. The number of hydrogen-bond donors (Lipinski definition) is 2. The predicted octanol–water partition coefficient (Wildman–Crippen LogP) is 2.41. The predicted molar refractivity (Wildman–Crippen MR) is 83.9 cm³/mol. The maximum atomic E-state index is 12.0. The average molecular weight is 326 g/mol. The molecule has 0 aromatic carbocycles. The van der Waals surface area contributed by atoms with E-state index in [9.17, 15) is 4.79 Å². The van der Waals surface area contributed by atoms with Crippen molar-refractivity contribution in [2.45, 2.75) is 32.7 Å². The van der Waals surface area contributed by atoms with Crippen LogP contribution in [0.15, 0.2) is 5.51 Å². The SMILES string of the molecule is Cc1ncsc1C(=O)NC(C)C1CCCNC1.Cl.Cl. The van der Waals surface area contributed by atoms with Crippen LogP contribution in [0.2, 0.25) is 0 Å². The third kappa shape index (κ3) is 4.91.